The maximum Gasteiger partial charge on any atom is 0.133 e. The summed E-state index contributed by atoms with van der Waals surface area (Å²) in [7, 11) is 0. The minimum absolute atomic E-state index is 0.0155. The maximum atomic E-state index is 9.66. The summed E-state index contributed by atoms with van der Waals surface area (Å²) in [4.78, 5) is 21.3. The summed E-state index contributed by atoms with van der Waals surface area (Å²) in [6.45, 7) is 18.2. The standard InChI is InChI=1S/C32H34N2.C31H38N2.C30H36N2.C26H30N2/c1-24-14-12-13-21-29(24)33-25(2)30-22-23-32(27-17-8-4-9-18-27,28-19-10-5-11-20-28)34(30)31(33)26-15-6-3-7-16-26;1-23-13-9-12-20-28(23)32-24(2)29-21-22-31(27-18-10-11-19-27,26-16-7-4-8-17-26)33(29)30(32)25-14-5-3-6-15-25;1-22-12-6-11-19-27(22)31-23(2)28-20-21-30(25-15-7-8-16-25,26-17-9-10-18-26)32(28)29(31)24-13-4-3-5-14-24;1-19-11-9-10-16-23(19)27-20(2)24-17-18-25(21-12-5-3-6-13-21)28(24)26(27)22-14-7-4-8-15-22/h3-4,6-9,12-18,21-23,28,31H,5,10-11,19-20H2,1-2H3;3,5-6,9,12-15,20-22,26-27,30H,4,7-8,10-11,16-19H2,1-2H3;3-6,11-14,19-21,25-26,29H,7-10,15-18H2,1-2H3;4,7-11,14-18,21,25-26H,3,5-6,12-13H2,1-2H3/i;;;25D. The van der Waals surface area contributed by atoms with Crippen molar-refractivity contribution in [2.75, 3.05) is 19.6 Å². The van der Waals surface area contributed by atoms with Crippen molar-refractivity contribution < 1.29 is 1.37 Å². The molecular weight excluding hydrogens is 1540 g/mol. The normalized spacial score (nSPS) is 26.5. The Morgan fingerprint density at radius 2 is 0.520 bits per heavy atom. The molecule has 0 bridgehead atoms. The van der Waals surface area contributed by atoms with Crippen molar-refractivity contribution in [3.05, 3.63) is 393 Å². The highest BCUT2D eigenvalue weighted by molar-refractivity contribution is 5.70. The van der Waals surface area contributed by atoms with Gasteiger partial charge in [0.15, 0.2) is 0 Å². The molecule has 0 radical (unpaired) electrons. The summed E-state index contributed by atoms with van der Waals surface area (Å²) in [5, 5.41) is 0. The molecule has 0 aromatic heterocycles. The monoisotopic (exact) mass is 1680 g/mol. The first-order valence-corrected chi connectivity index (χ1v) is 49.7. The van der Waals surface area contributed by atoms with Crippen LogP contribution in [-0.4, -0.2) is 36.7 Å². The third-order valence-electron chi connectivity index (χ3n) is 33.0. The van der Waals surface area contributed by atoms with Gasteiger partial charge in [0.1, 0.15) is 24.7 Å². The molecule has 9 aromatic carbocycles. The van der Waals surface area contributed by atoms with Crippen LogP contribution in [0.1, 0.15) is 277 Å². The van der Waals surface area contributed by atoms with Crippen molar-refractivity contribution in [1.29, 1.82) is 0 Å². The lowest BCUT2D eigenvalue weighted by Gasteiger charge is -2.53. The summed E-state index contributed by atoms with van der Waals surface area (Å²) >= 11 is 0. The fraction of sp³-hybridized carbons (Fsp3) is 0.412. The third kappa shape index (κ3) is 14.9. The molecule has 0 N–H and O–H groups in total. The van der Waals surface area contributed by atoms with E-state index in [1.165, 1.54) is 279 Å². The van der Waals surface area contributed by atoms with Gasteiger partial charge in [-0.05, 0) is 267 Å². The second kappa shape index (κ2) is 36.4. The van der Waals surface area contributed by atoms with Gasteiger partial charge in [0.2, 0.25) is 0 Å². The summed E-state index contributed by atoms with van der Waals surface area (Å²) in [5.74, 6) is 4.07. The third-order valence-corrected chi connectivity index (χ3v) is 33.0. The average molecular weight is 1680 g/mol. The van der Waals surface area contributed by atoms with Crippen LogP contribution in [0.15, 0.2) is 343 Å². The fourth-order valence-corrected chi connectivity index (χ4v) is 27.1. The number of fused-ring (bicyclic) bond motifs is 4. The molecule has 6 aliphatic carbocycles. The Kier molecular flexibility index (Phi) is 23.9. The summed E-state index contributed by atoms with van der Waals surface area (Å²) in [5.41, 5.74) is 28.5. The Labute approximate surface area is 763 Å². The predicted octanol–water partition coefficient (Wildman–Crippen LogP) is 30.5. The van der Waals surface area contributed by atoms with E-state index in [1.807, 2.05) is 0 Å². The molecule has 0 spiro atoms. The van der Waals surface area contributed by atoms with E-state index in [2.05, 4.69) is 392 Å². The molecule has 8 heteroatoms. The number of hydrogen-bond donors (Lipinski definition) is 0. The predicted molar refractivity (Wildman–Crippen MR) is 529 cm³/mol. The second-order valence-electron chi connectivity index (χ2n) is 39.8. The number of allylic oxidation sites excluding steroid dienone is 8. The average Bonchev–Trinajstić information content (AvgIpc) is 1.55. The van der Waals surface area contributed by atoms with Crippen LogP contribution in [0.25, 0.3) is 0 Å². The van der Waals surface area contributed by atoms with Gasteiger partial charge in [0.25, 0.3) is 0 Å². The van der Waals surface area contributed by atoms with E-state index in [1.54, 1.807) is 0 Å². The van der Waals surface area contributed by atoms with Crippen molar-refractivity contribution in [1.82, 2.24) is 19.6 Å². The fourth-order valence-electron chi connectivity index (χ4n) is 27.1. The van der Waals surface area contributed by atoms with Gasteiger partial charge in [-0.2, -0.15) is 0 Å². The molecule has 8 aliphatic heterocycles. The van der Waals surface area contributed by atoms with Crippen LogP contribution >= 0.6 is 0 Å². The van der Waals surface area contributed by atoms with Gasteiger partial charge in [-0.1, -0.05) is 345 Å². The minimum atomic E-state index is -0.672. The van der Waals surface area contributed by atoms with E-state index in [4.69, 9.17) is 0 Å². The van der Waals surface area contributed by atoms with Crippen molar-refractivity contribution in [3.8, 4) is 0 Å². The number of para-hydroxylation sites is 4. The highest BCUT2D eigenvalue weighted by Crippen LogP contribution is 2.64. The molecule has 9 aromatic rings. The van der Waals surface area contributed by atoms with Gasteiger partial charge in [0, 0.05) is 45.5 Å². The molecule has 8 nitrogen and oxygen atoms in total. The van der Waals surface area contributed by atoms with E-state index in [0.717, 1.165) is 36.5 Å². The number of nitrogens with zero attached hydrogens (tertiary/aromatic N) is 8. The van der Waals surface area contributed by atoms with E-state index in [-0.39, 0.29) is 41.3 Å². The van der Waals surface area contributed by atoms with Gasteiger partial charge in [-0.15, -0.1) is 0 Å². The van der Waals surface area contributed by atoms with Crippen molar-refractivity contribution >= 4 is 22.7 Å². The van der Waals surface area contributed by atoms with Gasteiger partial charge in [-0.25, -0.2) is 0 Å². The molecule has 7 unspecified atom stereocenters. The molecule has 8 heterocycles. The van der Waals surface area contributed by atoms with Crippen LogP contribution in [0.3, 0.4) is 0 Å². The zero-order valence-corrected chi connectivity index (χ0v) is 77.2. The molecule has 6 saturated carbocycles. The Morgan fingerprint density at radius 3 is 0.874 bits per heavy atom. The van der Waals surface area contributed by atoms with Gasteiger partial charge >= 0.3 is 0 Å². The quantitative estimate of drug-likeness (QED) is 0.100. The second-order valence-corrected chi connectivity index (χ2v) is 39.8. The molecule has 127 heavy (non-hydrogen) atoms. The molecule has 654 valence electrons. The topological polar surface area (TPSA) is 25.9 Å². The number of rotatable bonds is 15. The molecule has 23 rings (SSSR count). The lowest BCUT2D eigenvalue weighted by atomic mass is 9.67. The Hall–Kier alpha value is -10.7. The molecule has 0 saturated heterocycles. The molecule has 0 amide bonds. The minimum Gasteiger partial charge on any atom is -0.339 e. The zero-order chi connectivity index (χ0) is 87.3. The Bertz CT molecular complexity index is 5650. The molecule has 14 aliphatic rings. The lowest BCUT2D eigenvalue weighted by Crippen LogP contribution is -2.56. The highest BCUT2D eigenvalue weighted by Gasteiger charge is 2.61. The summed E-state index contributed by atoms with van der Waals surface area (Å²) < 4.78 is 9.66. The van der Waals surface area contributed by atoms with Gasteiger partial charge in [-0.3, -0.25) is 0 Å². The molecule has 6 fully saturated rings. The number of anilines is 4. The van der Waals surface area contributed by atoms with Crippen LogP contribution < -0.4 is 19.6 Å². The zero-order valence-electron chi connectivity index (χ0n) is 78.2. The Morgan fingerprint density at radius 1 is 0.252 bits per heavy atom. The van der Waals surface area contributed by atoms with E-state index in [0.29, 0.717) is 11.8 Å². The van der Waals surface area contributed by atoms with E-state index < -0.39 is 6.02 Å². The highest BCUT2D eigenvalue weighted by atomic mass is 15.5. The first kappa shape index (κ1) is 83.2. The first-order valence-electron chi connectivity index (χ1n) is 50.2. The van der Waals surface area contributed by atoms with Crippen LogP contribution in [0, 0.1) is 63.2 Å². The summed E-state index contributed by atoms with van der Waals surface area (Å²) in [6.07, 6.45) is 56.7. The van der Waals surface area contributed by atoms with Crippen LogP contribution in [0.2, 0.25) is 0 Å². The van der Waals surface area contributed by atoms with Crippen LogP contribution in [0.4, 0.5) is 22.7 Å². The van der Waals surface area contributed by atoms with E-state index in [9.17, 15) is 1.37 Å². The van der Waals surface area contributed by atoms with Crippen molar-refractivity contribution in [2.24, 2.45) is 35.5 Å². The first-order chi connectivity index (χ1) is 62.8. The summed E-state index contributed by atoms with van der Waals surface area (Å²) in [6, 6.07) is 90.4. The number of aryl methyl sites for hydroxylation is 4. The SMILES string of the molecule is CC1=C2C=CC(C3CCCC3)(C3CCCC3)N2C(c2ccccc2)N1c1ccccc1C.CC1=C2C=CC(C3CCCCC3)(C3CCCC3)N2C(c2ccccc2)N1c1ccccc1C.CC1=C2C=CC(c3ccccc3)(C3CCCCC3)N2C(c2ccccc2)N1c1ccccc1C.[2H]C1(C2CCCCC2)C=CC2=C(C)N(c3ccccc3C)C(c3ccccc3)N21. The number of hydrogen-bond acceptors (Lipinski definition) is 8. The van der Waals surface area contributed by atoms with Crippen LogP contribution in [0.5, 0.6) is 0 Å². The van der Waals surface area contributed by atoms with E-state index >= 15 is 0 Å². The Balaban J connectivity index is 0.000000107. The van der Waals surface area contributed by atoms with Crippen LogP contribution in [-0.2, 0) is 5.54 Å². The molecular formula is C119H138N8. The molecule has 7 atom stereocenters. The number of benzene rings is 9. The van der Waals surface area contributed by atoms with Crippen molar-refractivity contribution in [3.63, 3.8) is 0 Å². The maximum absolute atomic E-state index is 9.66. The van der Waals surface area contributed by atoms with Gasteiger partial charge < -0.3 is 39.2 Å². The van der Waals surface area contributed by atoms with Crippen molar-refractivity contribution in [2.45, 2.75) is 276 Å². The lowest BCUT2D eigenvalue weighted by molar-refractivity contribution is 0.0228. The smallest absolute Gasteiger partial charge is 0.133 e. The largest absolute Gasteiger partial charge is 0.339 e. The van der Waals surface area contributed by atoms with Gasteiger partial charge in [0.05, 0.1) is 46.8 Å².